The zero-order valence-corrected chi connectivity index (χ0v) is 20.4. The van der Waals surface area contributed by atoms with E-state index in [4.69, 9.17) is 21.1 Å². The van der Waals surface area contributed by atoms with Crippen LogP contribution in [0, 0.1) is 12.3 Å². The van der Waals surface area contributed by atoms with Crippen LogP contribution in [0.1, 0.15) is 74.5 Å². The van der Waals surface area contributed by atoms with Crippen LogP contribution in [0.25, 0.3) is 0 Å². The van der Waals surface area contributed by atoms with Crippen molar-refractivity contribution in [2.24, 2.45) is 5.41 Å². The van der Waals surface area contributed by atoms with Gasteiger partial charge in [-0.25, -0.2) is 4.79 Å². The molecule has 0 radical (unpaired) electrons. The van der Waals surface area contributed by atoms with E-state index in [1.54, 1.807) is 6.07 Å². The van der Waals surface area contributed by atoms with Crippen LogP contribution in [0.4, 0.5) is 0 Å². The third kappa shape index (κ3) is 5.30. The lowest BCUT2D eigenvalue weighted by molar-refractivity contribution is -0.128. The number of Topliss-reactive ketones (excluding diaryl/α,β-unsaturated/α-hetero) is 1. The van der Waals surface area contributed by atoms with Gasteiger partial charge in [0.25, 0.3) is 0 Å². The Kier molecular flexibility index (Phi) is 7.93. The van der Waals surface area contributed by atoms with E-state index >= 15 is 0 Å². The Hall–Kier alpha value is -2.33. The van der Waals surface area contributed by atoms with Crippen molar-refractivity contribution in [3.8, 4) is 5.75 Å². The zero-order chi connectivity index (χ0) is 23.4. The van der Waals surface area contributed by atoms with Crippen molar-refractivity contribution in [3.05, 3.63) is 63.7 Å². The molecule has 0 amide bonds. The lowest BCUT2D eigenvalue weighted by Gasteiger charge is -2.34. The summed E-state index contributed by atoms with van der Waals surface area (Å²) < 4.78 is 10.6. The summed E-state index contributed by atoms with van der Waals surface area (Å²) in [6.07, 6.45) is 1.72. The fraction of sp³-hybridized carbons (Fsp3) is 0.462. The molecule has 0 aliphatic heterocycles. The zero-order valence-electron chi connectivity index (χ0n) is 19.6. The maximum Gasteiger partial charge on any atom is 0.339 e. The average Bonchev–Trinajstić information content (AvgIpc) is 2.73. The predicted molar refractivity (Wildman–Crippen MR) is 125 cm³/mol. The molecular formula is C26H33ClO4. The highest BCUT2D eigenvalue weighted by molar-refractivity contribution is 6.33. The Balaban J connectivity index is 2.41. The van der Waals surface area contributed by atoms with Crippen molar-refractivity contribution in [1.29, 1.82) is 0 Å². The summed E-state index contributed by atoms with van der Waals surface area (Å²) in [6.45, 7) is 12.0. The van der Waals surface area contributed by atoms with Crippen LogP contribution in [0.5, 0.6) is 5.75 Å². The molecule has 2 aromatic carbocycles. The van der Waals surface area contributed by atoms with Crippen LogP contribution in [0.2, 0.25) is 5.02 Å². The fourth-order valence-electron chi connectivity index (χ4n) is 3.79. The summed E-state index contributed by atoms with van der Waals surface area (Å²) >= 11 is 6.42. The van der Waals surface area contributed by atoms with Gasteiger partial charge in [0.2, 0.25) is 0 Å². The molecule has 0 aromatic heterocycles. The van der Waals surface area contributed by atoms with E-state index in [-0.39, 0.29) is 17.8 Å². The number of carbonyl (C=O) groups is 2. The van der Waals surface area contributed by atoms with Gasteiger partial charge in [0, 0.05) is 10.8 Å². The minimum absolute atomic E-state index is 0.0565. The molecular weight excluding hydrogens is 412 g/mol. The number of ketones is 1. The summed E-state index contributed by atoms with van der Waals surface area (Å²) in [5.41, 5.74) is 2.84. The molecule has 168 valence electrons. The number of hydrogen-bond donors (Lipinski definition) is 0. The number of halogens is 1. The molecule has 0 unspecified atom stereocenters. The first kappa shape index (κ1) is 24.9. The van der Waals surface area contributed by atoms with E-state index < -0.39 is 11.4 Å². The number of esters is 1. The molecule has 5 heteroatoms. The molecule has 0 saturated carbocycles. The SMILES string of the molecule is CCC(CC)(c1ccc(OCC(=O)C(C)(C)C)c(C)c1)c1ccc(C(=O)OC)c(Cl)c1. The molecule has 0 fully saturated rings. The molecule has 31 heavy (non-hydrogen) atoms. The van der Waals surface area contributed by atoms with Crippen molar-refractivity contribution in [2.75, 3.05) is 13.7 Å². The number of benzene rings is 2. The molecule has 2 rings (SSSR count). The molecule has 0 bridgehead atoms. The van der Waals surface area contributed by atoms with Gasteiger partial charge < -0.3 is 9.47 Å². The second kappa shape index (κ2) is 9.86. The molecule has 0 N–H and O–H groups in total. The van der Waals surface area contributed by atoms with Crippen LogP contribution >= 0.6 is 11.6 Å². The Morgan fingerprint density at radius 3 is 2.03 bits per heavy atom. The number of aryl methyl sites for hydroxylation is 1. The summed E-state index contributed by atoms with van der Waals surface area (Å²) in [5, 5.41) is 0.382. The normalized spacial score (nSPS) is 11.9. The molecule has 0 atom stereocenters. The average molecular weight is 445 g/mol. The molecule has 0 saturated heterocycles. The molecule has 0 aliphatic rings. The van der Waals surface area contributed by atoms with Crippen molar-refractivity contribution in [2.45, 2.75) is 59.8 Å². The summed E-state index contributed by atoms with van der Waals surface area (Å²) in [6, 6.07) is 11.7. The second-order valence-electron chi connectivity index (χ2n) is 8.92. The predicted octanol–water partition coefficient (Wildman–Crippen LogP) is 6.54. The topological polar surface area (TPSA) is 52.6 Å². The minimum atomic E-state index is -0.447. The van der Waals surface area contributed by atoms with Gasteiger partial charge in [-0.1, -0.05) is 64.4 Å². The van der Waals surface area contributed by atoms with Gasteiger partial charge in [0.15, 0.2) is 5.78 Å². The molecule has 0 spiro atoms. The molecule has 4 nitrogen and oxygen atoms in total. The molecule has 0 aliphatic carbocycles. The van der Waals surface area contributed by atoms with Gasteiger partial charge in [-0.2, -0.15) is 0 Å². The van der Waals surface area contributed by atoms with E-state index in [2.05, 4.69) is 26.0 Å². The quantitative estimate of drug-likeness (QED) is 0.434. The van der Waals surface area contributed by atoms with Gasteiger partial charge >= 0.3 is 5.97 Å². The van der Waals surface area contributed by atoms with Gasteiger partial charge in [-0.05, 0) is 54.7 Å². The standard InChI is InChI=1S/C26H33ClO4/c1-8-26(9-2,19-10-12-20(21(27)15-19)24(29)30-7)18-11-13-22(17(3)14-18)31-16-23(28)25(4,5)6/h10-15H,8-9,16H2,1-7H3. The maximum absolute atomic E-state index is 12.2. The van der Waals surface area contributed by atoms with Crippen LogP contribution < -0.4 is 4.74 Å². The second-order valence-corrected chi connectivity index (χ2v) is 9.32. The Labute approximate surface area is 190 Å². The third-order valence-corrected chi connectivity index (χ3v) is 6.37. The van der Waals surface area contributed by atoms with Crippen LogP contribution in [-0.4, -0.2) is 25.5 Å². The van der Waals surface area contributed by atoms with E-state index in [9.17, 15) is 9.59 Å². The van der Waals surface area contributed by atoms with Crippen LogP contribution in [-0.2, 0) is 14.9 Å². The molecule has 0 heterocycles. The fourth-order valence-corrected chi connectivity index (χ4v) is 4.05. The maximum atomic E-state index is 12.2. The van der Waals surface area contributed by atoms with E-state index in [0.29, 0.717) is 16.3 Å². The monoisotopic (exact) mass is 444 g/mol. The number of rotatable bonds is 8. The Morgan fingerprint density at radius 2 is 1.55 bits per heavy atom. The van der Waals surface area contributed by atoms with Crippen molar-refractivity contribution < 1.29 is 19.1 Å². The van der Waals surface area contributed by atoms with Gasteiger partial charge in [-0.15, -0.1) is 0 Å². The van der Waals surface area contributed by atoms with E-state index in [1.165, 1.54) is 7.11 Å². The van der Waals surface area contributed by atoms with Crippen LogP contribution in [0.3, 0.4) is 0 Å². The smallest absolute Gasteiger partial charge is 0.339 e. The number of carbonyl (C=O) groups excluding carboxylic acids is 2. The highest BCUT2D eigenvalue weighted by Crippen LogP contribution is 2.41. The first-order valence-corrected chi connectivity index (χ1v) is 11.0. The van der Waals surface area contributed by atoms with Gasteiger partial charge in [-0.3, -0.25) is 4.79 Å². The van der Waals surface area contributed by atoms with Crippen molar-refractivity contribution >= 4 is 23.4 Å². The van der Waals surface area contributed by atoms with Crippen molar-refractivity contribution in [1.82, 2.24) is 0 Å². The highest BCUT2D eigenvalue weighted by atomic mass is 35.5. The Morgan fingerprint density at radius 1 is 0.968 bits per heavy atom. The van der Waals surface area contributed by atoms with Crippen LogP contribution in [0.15, 0.2) is 36.4 Å². The number of methoxy groups -OCH3 is 1. The third-order valence-electron chi connectivity index (χ3n) is 6.06. The Bertz CT molecular complexity index is 952. The van der Waals surface area contributed by atoms with Crippen molar-refractivity contribution in [3.63, 3.8) is 0 Å². The van der Waals surface area contributed by atoms with E-state index in [0.717, 1.165) is 29.5 Å². The largest absolute Gasteiger partial charge is 0.486 e. The summed E-state index contributed by atoms with van der Waals surface area (Å²) in [7, 11) is 1.34. The summed E-state index contributed by atoms with van der Waals surface area (Å²) in [4.78, 5) is 24.1. The van der Waals surface area contributed by atoms with E-state index in [1.807, 2.05) is 45.9 Å². The lowest BCUT2D eigenvalue weighted by atomic mass is 9.70. The van der Waals surface area contributed by atoms with Gasteiger partial charge in [0.1, 0.15) is 12.4 Å². The number of hydrogen-bond acceptors (Lipinski definition) is 4. The summed E-state index contributed by atoms with van der Waals surface area (Å²) in [5.74, 6) is 0.326. The lowest BCUT2D eigenvalue weighted by Crippen LogP contribution is -2.27. The first-order chi connectivity index (χ1) is 14.5. The minimum Gasteiger partial charge on any atom is -0.486 e. The number of ether oxygens (including phenoxy) is 2. The van der Waals surface area contributed by atoms with Gasteiger partial charge in [0.05, 0.1) is 17.7 Å². The molecule has 2 aromatic rings. The highest BCUT2D eigenvalue weighted by Gasteiger charge is 2.32. The first-order valence-electron chi connectivity index (χ1n) is 10.7.